The van der Waals surface area contributed by atoms with E-state index in [1.165, 1.54) is 12.1 Å². The van der Waals surface area contributed by atoms with Gasteiger partial charge in [-0.2, -0.15) is 18.3 Å². The van der Waals surface area contributed by atoms with Crippen molar-refractivity contribution in [2.45, 2.75) is 32.1 Å². The van der Waals surface area contributed by atoms with Crippen molar-refractivity contribution in [1.82, 2.24) is 15.1 Å². The summed E-state index contributed by atoms with van der Waals surface area (Å²) in [5, 5.41) is 7.33. The van der Waals surface area contributed by atoms with Crippen LogP contribution in [0, 0.1) is 0 Å². The summed E-state index contributed by atoms with van der Waals surface area (Å²) in [6.45, 7) is 3.37. The maximum Gasteiger partial charge on any atom is 0.416 e. The van der Waals surface area contributed by atoms with Gasteiger partial charge in [0, 0.05) is 25.0 Å². The number of nitrogens with zero attached hydrogens (tertiary/aromatic N) is 2. The van der Waals surface area contributed by atoms with E-state index >= 15 is 0 Å². The van der Waals surface area contributed by atoms with E-state index in [9.17, 15) is 13.2 Å². The molecule has 0 aliphatic rings. The number of halogens is 3. The average molecular weight is 297 g/mol. The lowest BCUT2D eigenvalue weighted by Gasteiger charge is -2.16. The SMILES string of the molecule is CC(NCCCn1cccn1)c1cccc(C(F)(F)F)c1. The molecule has 0 fully saturated rings. The van der Waals surface area contributed by atoms with Crippen LogP contribution >= 0.6 is 0 Å². The van der Waals surface area contributed by atoms with Gasteiger partial charge in [-0.3, -0.25) is 4.68 Å². The van der Waals surface area contributed by atoms with Crippen molar-refractivity contribution in [2.75, 3.05) is 6.54 Å². The summed E-state index contributed by atoms with van der Waals surface area (Å²) in [7, 11) is 0. The first-order valence-corrected chi connectivity index (χ1v) is 6.85. The smallest absolute Gasteiger partial charge is 0.310 e. The summed E-state index contributed by atoms with van der Waals surface area (Å²) >= 11 is 0. The molecular weight excluding hydrogens is 279 g/mol. The van der Waals surface area contributed by atoms with Crippen LogP contribution in [0.3, 0.4) is 0 Å². The number of aryl methyl sites for hydroxylation is 1. The van der Waals surface area contributed by atoms with Crippen LogP contribution < -0.4 is 5.32 Å². The number of aromatic nitrogens is 2. The Morgan fingerprint density at radius 2 is 2.10 bits per heavy atom. The first-order valence-electron chi connectivity index (χ1n) is 6.85. The van der Waals surface area contributed by atoms with Crippen LogP contribution in [-0.2, 0) is 12.7 Å². The largest absolute Gasteiger partial charge is 0.416 e. The highest BCUT2D eigenvalue weighted by Gasteiger charge is 2.30. The lowest BCUT2D eigenvalue weighted by Crippen LogP contribution is -2.21. The van der Waals surface area contributed by atoms with Crippen LogP contribution in [-0.4, -0.2) is 16.3 Å². The molecule has 6 heteroatoms. The summed E-state index contributed by atoms with van der Waals surface area (Å²) in [5.74, 6) is 0. The van der Waals surface area contributed by atoms with Gasteiger partial charge in [-0.15, -0.1) is 0 Å². The number of hydrogen-bond acceptors (Lipinski definition) is 2. The second-order valence-corrected chi connectivity index (χ2v) is 4.92. The third-order valence-electron chi connectivity index (χ3n) is 3.29. The fourth-order valence-corrected chi connectivity index (χ4v) is 2.09. The number of benzene rings is 1. The highest BCUT2D eigenvalue weighted by molar-refractivity contribution is 5.27. The van der Waals surface area contributed by atoms with Crippen LogP contribution in [0.15, 0.2) is 42.7 Å². The Morgan fingerprint density at radius 3 is 2.76 bits per heavy atom. The fraction of sp³-hybridized carbons (Fsp3) is 0.400. The molecular formula is C15H18F3N3. The van der Waals surface area contributed by atoms with Crippen molar-refractivity contribution in [2.24, 2.45) is 0 Å². The number of hydrogen-bond donors (Lipinski definition) is 1. The van der Waals surface area contributed by atoms with Gasteiger partial charge in [0.25, 0.3) is 0 Å². The minimum Gasteiger partial charge on any atom is -0.310 e. The molecule has 0 spiro atoms. The average Bonchev–Trinajstić information content (AvgIpc) is 2.96. The Balaban J connectivity index is 1.84. The Hall–Kier alpha value is -1.82. The normalized spacial score (nSPS) is 13.3. The van der Waals surface area contributed by atoms with Crippen LogP contribution in [0.5, 0.6) is 0 Å². The van der Waals surface area contributed by atoms with E-state index in [1.807, 2.05) is 23.9 Å². The van der Waals surface area contributed by atoms with E-state index in [1.54, 1.807) is 12.3 Å². The topological polar surface area (TPSA) is 29.9 Å². The molecule has 1 atom stereocenters. The Morgan fingerprint density at radius 1 is 1.29 bits per heavy atom. The van der Waals surface area contributed by atoms with Crippen molar-refractivity contribution >= 4 is 0 Å². The summed E-state index contributed by atoms with van der Waals surface area (Å²) in [4.78, 5) is 0. The molecule has 3 nitrogen and oxygen atoms in total. The van der Waals surface area contributed by atoms with Crippen molar-refractivity contribution in [3.63, 3.8) is 0 Å². The predicted molar refractivity (Wildman–Crippen MR) is 74.7 cm³/mol. The van der Waals surface area contributed by atoms with Gasteiger partial charge in [0.05, 0.1) is 5.56 Å². The van der Waals surface area contributed by atoms with Gasteiger partial charge < -0.3 is 5.32 Å². The van der Waals surface area contributed by atoms with Crippen molar-refractivity contribution in [3.05, 3.63) is 53.9 Å². The monoisotopic (exact) mass is 297 g/mol. The van der Waals surface area contributed by atoms with Crippen LogP contribution in [0.25, 0.3) is 0 Å². The van der Waals surface area contributed by atoms with Crippen LogP contribution in [0.4, 0.5) is 13.2 Å². The molecule has 2 rings (SSSR count). The minimum atomic E-state index is -4.30. The molecule has 1 aromatic heterocycles. The van der Waals surface area contributed by atoms with E-state index in [4.69, 9.17) is 0 Å². The highest BCUT2D eigenvalue weighted by atomic mass is 19.4. The molecule has 2 aromatic rings. The molecule has 1 heterocycles. The number of rotatable bonds is 6. The Labute approximate surface area is 121 Å². The molecule has 0 radical (unpaired) electrons. The van der Waals surface area contributed by atoms with E-state index < -0.39 is 11.7 Å². The van der Waals surface area contributed by atoms with Gasteiger partial charge in [-0.05, 0) is 43.7 Å². The van der Waals surface area contributed by atoms with Crippen molar-refractivity contribution < 1.29 is 13.2 Å². The van der Waals surface area contributed by atoms with Crippen LogP contribution in [0.2, 0.25) is 0 Å². The molecule has 0 amide bonds. The first-order chi connectivity index (χ1) is 9.97. The van der Waals surface area contributed by atoms with E-state index in [2.05, 4.69) is 10.4 Å². The quantitative estimate of drug-likeness (QED) is 0.825. The minimum absolute atomic E-state index is 0.120. The zero-order valence-corrected chi connectivity index (χ0v) is 11.8. The maximum absolute atomic E-state index is 12.7. The molecule has 0 saturated heterocycles. The lowest BCUT2D eigenvalue weighted by atomic mass is 10.0. The van der Waals surface area contributed by atoms with Crippen LogP contribution in [0.1, 0.15) is 30.5 Å². The van der Waals surface area contributed by atoms with Gasteiger partial charge in [-0.25, -0.2) is 0 Å². The van der Waals surface area contributed by atoms with Crippen molar-refractivity contribution in [1.29, 1.82) is 0 Å². The molecule has 1 N–H and O–H groups in total. The molecule has 1 unspecified atom stereocenters. The summed E-state index contributed by atoms with van der Waals surface area (Å²) in [5.41, 5.74) is 0.0362. The third-order valence-corrected chi connectivity index (χ3v) is 3.29. The predicted octanol–water partition coefficient (Wildman–Crippen LogP) is 3.64. The zero-order chi connectivity index (χ0) is 15.3. The molecule has 0 bridgehead atoms. The maximum atomic E-state index is 12.7. The van der Waals surface area contributed by atoms with E-state index in [-0.39, 0.29) is 6.04 Å². The summed E-state index contributed by atoms with van der Waals surface area (Å²) in [6, 6.07) is 7.18. The van der Waals surface area contributed by atoms with Crippen molar-refractivity contribution in [3.8, 4) is 0 Å². The van der Waals surface area contributed by atoms with Gasteiger partial charge in [0.15, 0.2) is 0 Å². The third kappa shape index (κ3) is 4.60. The second kappa shape index (κ2) is 6.76. The second-order valence-electron chi connectivity index (χ2n) is 4.92. The summed E-state index contributed by atoms with van der Waals surface area (Å²) < 4.78 is 39.8. The van der Waals surface area contributed by atoms with Gasteiger partial charge in [-0.1, -0.05) is 12.1 Å². The molecule has 0 saturated carbocycles. The zero-order valence-electron chi connectivity index (χ0n) is 11.8. The Kier molecular flexibility index (Phi) is 5.01. The standard InChI is InChI=1S/C15H18F3N3/c1-12(19-7-3-9-21-10-4-8-20-21)13-5-2-6-14(11-13)15(16,17)18/h2,4-6,8,10-12,19H,3,7,9H2,1H3. The molecule has 114 valence electrons. The molecule has 21 heavy (non-hydrogen) atoms. The van der Waals surface area contributed by atoms with E-state index in [0.717, 1.165) is 25.6 Å². The lowest BCUT2D eigenvalue weighted by molar-refractivity contribution is -0.137. The van der Waals surface area contributed by atoms with Gasteiger partial charge >= 0.3 is 6.18 Å². The highest BCUT2D eigenvalue weighted by Crippen LogP contribution is 2.30. The number of alkyl halides is 3. The van der Waals surface area contributed by atoms with Gasteiger partial charge in [0.1, 0.15) is 0 Å². The summed E-state index contributed by atoms with van der Waals surface area (Å²) in [6.07, 6.45) is 0.176. The molecule has 0 aliphatic heterocycles. The molecule has 1 aromatic carbocycles. The Bertz CT molecular complexity index is 550. The van der Waals surface area contributed by atoms with Gasteiger partial charge in [0.2, 0.25) is 0 Å². The molecule has 0 aliphatic carbocycles. The van der Waals surface area contributed by atoms with E-state index in [0.29, 0.717) is 5.56 Å². The number of nitrogens with one attached hydrogen (secondary N) is 1. The fourth-order valence-electron chi connectivity index (χ4n) is 2.09. The first kappa shape index (κ1) is 15.6.